The zero-order chi connectivity index (χ0) is 11.7. The minimum Gasteiger partial charge on any atom is -0.456 e. The van der Waals surface area contributed by atoms with E-state index in [1.54, 1.807) is 19.9 Å². The van der Waals surface area contributed by atoms with E-state index in [-0.39, 0.29) is 19.8 Å². The van der Waals surface area contributed by atoms with Gasteiger partial charge in [0.2, 0.25) is 0 Å². The van der Waals surface area contributed by atoms with Crippen LogP contribution < -0.4 is 0 Å². The van der Waals surface area contributed by atoms with E-state index in [0.717, 1.165) is 0 Å². The maximum absolute atomic E-state index is 11.8. The summed E-state index contributed by atoms with van der Waals surface area (Å²) in [4.78, 5) is 11.4. The summed E-state index contributed by atoms with van der Waals surface area (Å²) in [6.07, 6.45) is 2.10. The zero-order valence-electron chi connectivity index (χ0n) is 9.10. The fourth-order valence-electron chi connectivity index (χ4n) is 0.791. The number of carbonyl (C=O) groups excluding carboxylic acids is 1. The molecule has 0 amide bonds. The first-order valence-electron chi connectivity index (χ1n) is 4.78. The third-order valence-electron chi connectivity index (χ3n) is 1.37. The van der Waals surface area contributed by atoms with Crippen molar-refractivity contribution in [1.29, 1.82) is 0 Å². The smallest absolute Gasteiger partial charge is 0.438 e. The summed E-state index contributed by atoms with van der Waals surface area (Å²) in [5, 5.41) is 0. The highest BCUT2D eigenvalue weighted by Gasteiger charge is 2.36. The van der Waals surface area contributed by atoms with Crippen molar-refractivity contribution >= 4 is 13.3 Å². The van der Waals surface area contributed by atoms with Crippen LogP contribution in [0.4, 0.5) is 4.79 Å². The highest BCUT2D eigenvalue weighted by Crippen LogP contribution is 2.49. The first kappa shape index (κ1) is 14.4. The van der Waals surface area contributed by atoms with Gasteiger partial charge in [-0.15, -0.1) is 6.58 Å². The van der Waals surface area contributed by atoms with Gasteiger partial charge in [-0.1, -0.05) is 6.08 Å². The zero-order valence-corrected chi connectivity index (χ0v) is 10.00. The first-order valence-corrected chi connectivity index (χ1v) is 6.32. The Labute approximate surface area is 89.9 Å². The summed E-state index contributed by atoms with van der Waals surface area (Å²) in [5.74, 6) is 0. The van der Waals surface area contributed by atoms with Crippen molar-refractivity contribution in [2.24, 2.45) is 0 Å². The van der Waals surface area contributed by atoms with Crippen LogP contribution in [0, 0.1) is 0 Å². The van der Waals surface area contributed by atoms with Gasteiger partial charge >= 0.3 is 13.3 Å². The molecule has 0 rings (SSSR count). The highest BCUT2D eigenvalue weighted by molar-refractivity contribution is 7.71. The summed E-state index contributed by atoms with van der Waals surface area (Å²) in [6, 6.07) is 0. The SMILES string of the molecule is C=CCCOC(=O)P(=O)(OCC)OCC. The van der Waals surface area contributed by atoms with Crippen LogP contribution in [-0.2, 0) is 18.3 Å². The van der Waals surface area contributed by atoms with Crippen molar-refractivity contribution in [2.45, 2.75) is 20.3 Å². The molecule has 0 unspecified atom stereocenters. The lowest BCUT2D eigenvalue weighted by Gasteiger charge is -2.14. The molecular weight excluding hydrogens is 219 g/mol. The Hall–Kier alpha value is -0.640. The maximum atomic E-state index is 11.8. The van der Waals surface area contributed by atoms with Crippen LogP contribution in [-0.4, -0.2) is 25.5 Å². The lowest BCUT2D eigenvalue weighted by atomic mass is 10.5. The lowest BCUT2D eigenvalue weighted by Crippen LogP contribution is -2.09. The number of hydrogen-bond acceptors (Lipinski definition) is 5. The fourth-order valence-corrected chi connectivity index (χ4v) is 2.01. The Kier molecular flexibility index (Phi) is 7.30. The number of rotatable bonds is 8. The van der Waals surface area contributed by atoms with Crippen LogP contribution in [0.5, 0.6) is 0 Å². The van der Waals surface area contributed by atoms with Crippen molar-refractivity contribution in [3.05, 3.63) is 12.7 Å². The summed E-state index contributed by atoms with van der Waals surface area (Å²) >= 11 is 0. The van der Waals surface area contributed by atoms with Gasteiger partial charge < -0.3 is 13.8 Å². The van der Waals surface area contributed by atoms with Gasteiger partial charge in [0.1, 0.15) is 0 Å². The molecule has 6 heteroatoms. The molecule has 0 atom stereocenters. The van der Waals surface area contributed by atoms with Gasteiger partial charge in [-0.2, -0.15) is 0 Å². The molecule has 0 aliphatic heterocycles. The molecular formula is C9H17O5P. The molecule has 0 aliphatic rings. The molecule has 0 saturated carbocycles. The predicted octanol–water partition coefficient (Wildman–Crippen LogP) is 2.97. The second-order valence-corrected chi connectivity index (χ2v) is 4.40. The van der Waals surface area contributed by atoms with Crippen LogP contribution in [0.3, 0.4) is 0 Å². The van der Waals surface area contributed by atoms with Crippen LogP contribution >= 0.6 is 7.60 Å². The molecule has 0 bridgehead atoms. The minimum absolute atomic E-state index is 0.131. The molecule has 0 heterocycles. The Bertz CT molecular complexity index is 241. The molecule has 0 aromatic heterocycles. The Morgan fingerprint density at radius 2 is 1.87 bits per heavy atom. The van der Waals surface area contributed by atoms with Crippen molar-refractivity contribution in [3.63, 3.8) is 0 Å². The van der Waals surface area contributed by atoms with E-state index in [2.05, 4.69) is 6.58 Å². The molecule has 0 radical (unpaired) electrons. The fraction of sp³-hybridized carbons (Fsp3) is 0.667. The van der Waals surface area contributed by atoms with Crippen LogP contribution in [0.2, 0.25) is 0 Å². The molecule has 0 fully saturated rings. The van der Waals surface area contributed by atoms with Crippen LogP contribution in [0.1, 0.15) is 20.3 Å². The molecule has 0 aliphatic carbocycles. The average Bonchev–Trinajstić information content (AvgIpc) is 2.18. The van der Waals surface area contributed by atoms with Crippen molar-refractivity contribution in [2.75, 3.05) is 19.8 Å². The summed E-state index contributed by atoms with van der Waals surface area (Å²) in [6.45, 7) is 7.12. The van der Waals surface area contributed by atoms with Gasteiger partial charge in [0, 0.05) is 0 Å². The third kappa shape index (κ3) is 5.11. The average molecular weight is 236 g/mol. The van der Waals surface area contributed by atoms with Crippen LogP contribution in [0.25, 0.3) is 0 Å². The standard InChI is InChI=1S/C9H17O5P/c1-4-7-8-12-9(10)15(11,13-5-2)14-6-3/h4H,1,5-8H2,2-3H3. The largest absolute Gasteiger partial charge is 0.456 e. The summed E-state index contributed by atoms with van der Waals surface area (Å²) in [7, 11) is -3.75. The van der Waals surface area contributed by atoms with E-state index < -0.39 is 13.3 Å². The Balaban J connectivity index is 4.28. The molecule has 88 valence electrons. The number of carbonyl (C=O) groups is 1. The molecule has 5 nitrogen and oxygen atoms in total. The maximum Gasteiger partial charge on any atom is 0.438 e. The Morgan fingerprint density at radius 1 is 1.33 bits per heavy atom. The monoisotopic (exact) mass is 236 g/mol. The van der Waals surface area contributed by atoms with Gasteiger partial charge in [-0.3, -0.25) is 0 Å². The normalized spacial score (nSPS) is 11.1. The van der Waals surface area contributed by atoms with E-state index in [1.807, 2.05) is 0 Å². The third-order valence-corrected chi connectivity index (χ3v) is 3.14. The summed E-state index contributed by atoms with van der Waals surface area (Å²) in [5.41, 5.74) is -0.937. The highest BCUT2D eigenvalue weighted by atomic mass is 31.2. The van der Waals surface area contributed by atoms with Gasteiger partial charge in [-0.25, -0.2) is 9.36 Å². The predicted molar refractivity (Wildman–Crippen MR) is 57.0 cm³/mol. The lowest BCUT2D eigenvalue weighted by molar-refractivity contribution is 0.150. The molecule has 0 aromatic carbocycles. The second kappa shape index (κ2) is 7.63. The van der Waals surface area contributed by atoms with Crippen molar-refractivity contribution in [3.8, 4) is 0 Å². The quantitative estimate of drug-likeness (QED) is 0.368. The molecule has 0 saturated heterocycles. The summed E-state index contributed by atoms with van der Waals surface area (Å²) < 4.78 is 26.1. The van der Waals surface area contributed by atoms with E-state index >= 15 is 0 Å². The molecule has 15 heavy (non-hydrogen) atoms. The van der Waals surface area contributed by atoms with Gasteiger partial charge in [-0.05, 0) is 20.3 Å². The van der Waals surface area contributed by atoms with Gasteiger partial charge in [0.15, 0.2) is 0 Å². The van der Waals surface area contributed by atoms with E-state index in [0.29, 0.717) is 6.42 Å². The van der Waals surface area contributed by atoms with Crippen LogP contribution in [0.15, 0.2) is 12.7 Å². The topological polar surface area (TPSA) is 61.8 Å². The van der Waals surface area contributed by atoms with E-state index in [1.165, 1.54) is 0 Å². The first-order chi connectivity index (χ1) is 7.10. The van der Waals surface area contributed by atoms with E-state index in [4.69, 9.17) is 13.8 Å². The molecule has 0 aromatic rings. The number of hydrogen-bond donors (Lipinski definition) is 0. The van der Waals surface area contributed by atoms with Gasteiger partial charge in [0.05, 0.1) is 19.8 Å². The van der Waals surface area contributed by atoms with E-state index in [9.17, 15) is 9.36 Å². The molecule has 0 spiro atoms. The van der Waals surface area contributed by atoms with Crippen molar-refractivity contribution in [1.82, 2.24) is 0 Å². The second-order valence-electron chi connectivity index (χ2n) is 2.52. The van der Waals surface area contributed by atoms with Gasteiger partial charge in [0.25, 0.3) is 0 Å². The number of ether oxygens (including phenoxy) is 1. The minimum atomic E-state index is -3.75. The molecule has 0 N–H and O–H groups in total. The Morgan fingerprint density at radius 3 is 2.27 bits per heavy atom. The van der Waals surface area contributed by atoms with Crippen molar-refractivity contribution < 1.29 is 23.1 Å².